The van der Waals surface area contributed by atoms with E-state index in [4.69, 9.17) is 0 Å². The fourth-order valence-electron chi connectivity index (χ4n) is 3.35. The molecular formula is C23H23N2O2. The fraction of sp³-hybridized carbons (Fsp3) is 0.174. The summed E-state index contributed by atoms with van der Waals surface area (Å²) < 4.78 is 0. The highest BCUT2D eigenvalue weighted by Gasteiger charge is 2.41. The van der Waals surface area contributed by atoms with Gasteiger partial charge in [-0.2, -0.15) is 0 Å². The van der Waals surface area contributed by atoms with E-state index < -0.39 is 0 Å². The van der Waals surface area contributed by atoms with Crippen LogP contribution in [0.4, 0.5) is 0 Å². The molecule has 2 aromatic rings. The molecule has 0 aliphatic heterocycles. The molecule has 2 amide bonds. The second kappa shape index (κ2) is 8.85. The first-order valence-electron chi connectivity index (χ1n) is 8.96. The molecule has 1 saturated carbocycles. The Morgan fingerprint density at radius 2 is 1.04 bits per heavy atom. The summed E-state index contributed by atoms with van der Waals surface area (Å²) in [5.74, 6) is 1.73. The maximum Gasteiger partial charge on any atom is 0.217 e. The van der Waals surface area contributed by atoms with Gasteiger partial charge in [0.2, 0.25) is 11.8 Å². The molecule has 0 spiro atoms. The van der Waals surface area contributed by atoms with Gasteiger partial charge in [0.1, 0.15) is 0 Å². The second-order valence-electron chi connectivity index (χ2n) is 6.52. The van der Waals surface area contributed by atoms with Crippen LogP contribution < -0.4 is 10.6 Å². The second-order valence-corrected chi connectivity index (χ2v) is 6.52. The van der Waals surface area contributed by atoms with Crippen LogP contribution in [0.25, 0.3) is 0 Å². The van der Waals surface area contributed by atoms with E-state index in [0.717, 1.165) is 23.0 Å². The van der Waals surface area contributed by atoms with Crippen LogP contribution in [-0.2, 0) is 9.59 Å². The molecule has 0 aromatic heterocycles. The Morgan fingerprint density at radius 1 is 0.667 bits per heavy atom. The van der Waals surface area contributed by atoms with Gasteiger partial charge in [-0.25, -0.2) is 0 Å². The molecular weight excluding hydrogens is 336 g/mol. The van der Waals surface area contributed by atoms with Gasteiger partial charge in [0.15, 0.2) is 0 Å². The zero-order valence-corrected chi connectivity index (χ0v) is 15.5. The third-order valence-electron chi connectivity index (χ3n) is 4.47. The normalized spacial score (nSPS) is 17.3. The standard InChI is InChI=1S/C23H23N2O2/c1-16(26)24-22(18-10-5-3-6-11-18)20-14-9-15-21(20)23(25-17(2)27)19-12-7-4-8-13-19/h3-15,22-23H,1-2H3,(H,24,26)(H,25,27)/t22-,23-/m0/s1. The van der Waals surface area contributed by atoms with Gasteiger partial charge in [0, 0.05) is 25.7 Å². The van der Waals surface area contributed by atoms with Gasteiger partial charge in [-0.3, -0.25) is 9.59 Å². The highest BCUT2D eigenvalue weighted by molar-refractivity contribution is 5.76. The Morgan fingerprint density at radius 3 is 1.37 bits per heavy atom. The minimum absolute atomic E-state index is 0.105. The van der Waals surface area contributed by atoms with Crippen LogP contribution in [0.2, 0.25) is 0 Å². The van der Waals surface area contributed by atoms with E-state index in [0.29, 0.717) is 0 Å². The van der Waals surface area contributed by atoms with Gasteiger partial charge in [-0.05, 0) is 30.4 Å². The monoisotopic (exact) mass is 359 g/mol. The van der Waals surface area contributed by atoms with Crippen molar-refractivity contribution in [3.8, 4) is 0 Å². The summed E-state index contributed by atoms with van der Waals surface area (Å²) in [6.07, 6.45) is 5.96. The summed E-state index contributed by atoms with van der Waals surface area (Å²) in [5, 5.41) is 6.09. The van der Waals surface area contributed by atoms with Gasteiger partial charge >= 0.3 is 0 Å². The summed E-state index contributed by atoms with van der Waals surface area (Å²) in [4.78, 5) is 23.7. The predicted octanol–water partition coefficient (Wildman–Crippen LogP) is 3.52. The largest absolute Gasteiger partial charge is 0.349 e. The van der Waals surface area contributed by atoms with Gasteiger partial charge < -0.3 is 10.6 Å². The molecule has 3 rings (SSSR count). The molecule has 1 fully saturated rings. The van der Waals surface area contributed by atoms with E-state index in [1.165, 1.54) is 13.8 Å². The van der Waals surface area contributed by atoms with E-state index >= 15 is 0 Å². The van der Waals surface area contributed by atoms with Gasteiger partial charge in [0.05, 0.1) is 12.1 Å². The number of amides is 2. The number of hydrogen-bond donors (Lipinski definition) is 2. The van der Waals surface area contributed by atoms with Crippen LogP contribution in [0.1, 0.15) is 37.1 Å². The van der Waals surface area contributed by atoms with Crippen LogP contribution in [0.3, 0.4) is 0 Å². The molecule has 0 saturated heterocycles. The number of carbonyl (C=O) groups excluding carboxylic acids is 2. The first-order chi connectivity index (χ1) is 13.1. The van der Waals surface area contributed by atoms with Crippen LogP contribution in [0, 0.1) is 31.1 Å². The lowest BCUT2D eigenvalue weighted by Gasteiger charge is -2.33. The fourth-order valence-corrected chi connectivity index (χ4v) is 3.35. The minimum Gasteiger partial charge on any atom is -0.349 e. The highest BCUT2D eigenvalue weighted by Crippen LogP contribution is 2.47. The van der Waals surface area contributed by atoms with Crippen molar-refractivity contribution in [2.45, 2.75) is 25.9 Å². The maximum absolute atomic E-state index is 11.9. The summed E-state index contributed by atoms with van der Waals surface area (Å²) >= 11 is 0. The molecule has 27 heavy (non-hydrogen) atoms. The number of rotatable bonds is 6. The number of carbonyl (C=O) groups is 2. The third kappa shape index (κ3) is 4.76. The Labute approximate surface area is 161 Å². The Kier molecular flexibility index (Phi) is 6.28. The van der Waals surface area contributed by atoms with E-state index in [9.17, 15) is 9.59 Å². The van der Waals surface area contributed by atoms with Crippen molar-refractivity contribution in [1.82, 2.24) is 10.6 Å². The van der Waals surface area contributed by atoms with Crippen molar-refractivity contribution in [3.05, 3.63) is 103 Å². The molecule has 2 N–H and O–H groups in total. The molecule has 2 atom stereocenters. The third-order valence-corrected chi connectivity index (χ3v) is 4.47. The lowest BCUT2D eigenvalue weighted by atomic mass is 9.78. The molecule has 0 bridgehead atoms. The summed E-state index contributed by atoms with van der Waals surface area (Å²) in [6.45, 7) is 3.03. The first-order valence-corrected chi connectivity index (χ1v) is 8.96. The van der Waals surface area contributed by atoms with Crippen molar-refractivity contribution >= 4 is 11.8 Å². The average Bonchev–Trinajstić information content (AvgIpc) is 3.14. The van der Waals surface area contributed by atoms with Crippen molar-refractivity contribution in [3.63, 3.8) is 0 Å². The quantitative estimate of drug-likeness (QED) is 0.829. The van der Waals surface area contributed by atoms with E-state index in [-0.39, 0.29) is 23.9 Å². The zero-order valence-electron chi connectivity index (χ0n) is 15.5. The number of hydrogen-bond acceptors (Lipinski definition) is 2. The lowest BCUT2D eigenvalue weighted by Crippen LogP contribution is -2.37. The molecule has 1 aliphatic carbocycles. The molecule has 137 valence electrons. The summed E-state index contributed by atoms with van der Waals surface area (Å²) in [6, 6.07) is 19.1. The molecule has 4 nitrogen and oxygen atoms in total. The van der Waals surface area contributed by atoms with Gasteiger partial charge in [-0.1, -0.05) is 60.7 Å². The summed E-state index contributed by atoms with van der Waals surface area (Å²) in [7, 11) is 0. The van der Waals surface area contributed by atoms with Crippen LogP contribution in [0.15, 0.2) is 60.7 Å². The summed E-state index contributed by atoms with van der Waals surface area (Å²) in [5.41, 5.74) is 1.99. The minimum atomic E-state index is -0.284. The van der Waals surface area contributed by atoms with Crippen LogP contribution >= 0.6 is 0 Å². The Hall–Kier alpha value is -2.62. The first kappa shape index (κ1) is 19.2. The number of benzene rings is 2. The average molecular weight is 359 g/mol. The SMILES string of the molecule is CC(=O)N[C@H]([C]1[CH][CH][CH][C]1[C@@H](NC(C)=O)c1ccccc1)c1ccccc1. The number of nitrogens with one attached hydrogen (secondary N) is 2. The predicted molar refractivity (Wildman–Crippen MR) is 105 cm³/mol. The molecule has 4 heteroatoms. The molecule has 2 aromatic carbocycles. The molecule has 0 unspecified atom stereocenters. The molecule has 1 aliphatic rings. The van der Waals surface area contributed by atoms with Crippen LogP contribution in [0.5, 0.6) is 0 Å². The van der Waals surface area contributed by atoms with Gasteiger partial charge in [-0.15, -0.1) is 0 Å². The van der Waals surface area contributed by atoms with Crippen LogP contribution in [-0.4, -0.2) is 11.8 Å². The molecule has 0 heterocycles. The van der Waals surface area contributed by atoms with Crippen molar-refractivity contribution < 1.29 is 9.59 Å². The Balaban J connectivity index is 1.94. The maximum atomic E-state index is 11.9. The Bertz CT molecular complexity index is 695. The van der Waals surface area contributed by atoms with E-state index in [1.807, 2.05) is 79.9 Å². The zero-order chi connectivity index (χ0) is 19.2. The lowest BCUT2D eigenvalue weighted by molar-refractivity contribution is -0.120. The van der Waals surface area contributed by atoms with Crippen molar-refractivity contribution in [2.24, 2.45) is 0 Å². The van der Waals surface area contributed by atoms with Crippen molar-refractivity contribution in [1.29, 1.82) is 0 Å². The van der Waals surface area contributed by atoms with Gasteiger partial charge in [0.25, 0.3) is 0 Å². The molecule has 5 radical (unpaired) electrons. The smallest absolute Gasteiger partial charge is 0.217 e. The van der Waals surface area contributed by atoms with E-state index in [2.05, 4.69) is 10.6 Å². The topological polar surface area (TPSA) is 58.2 Å². The highest BCUT2D eigenvalue weighted by atomic mass is 16.2. The van der Waals surface area contributed by atoms with E-state index in [1.54, 1.807) is 0 Å². The van der Waals surface area contributed by atoms with Crippen molar-refractivity contribution in [2.75, 3.05) is 0 Å².